The molecule has 106 valence electrons. The first-order valence-corrected chi connectivity index (χ1v) is 6.19. The molecule has 0 unspecified atom stereocenters. The highest BCUT2D eigenvalue weighted by molar-refractivity contribution is 5.93. The van der Waals surface area contributed by atoms with E-state index in [1.807, 2.05) is 0 Å². The number of phenols is 1. The van der Waals surface area contributed by atoms with Crippen molar-refractivity contribution in [1.82, 2.24) is 9.97 Å². The highest BCUT2D eigenvalue weighted by Gasteiger charge is 2.10. The monoisotopic (exact) mass is 284 g/mol. The largest absolute Gasteiger partial charge is 0.504 e. The van der Waals surface area contributed by atoms with Gasteiger partial charge in [0.1, 0.15) is 5.82 Å². The maximum Gasteiger partial charge on any atom is 0.335 e. The van der Waals surface area contributed by atoms with Gasteiger partial charge in [0.05, 0.1) is 23.7 Å². The number of imidazole rings is 1. The van der Waals surface area contributed by atoms with Crippen molar-refractivity contribution < 1.29 is 19.7 Å². The van der Waals surface area contributed by atoms with Crippen LogP contribution in [0.3, 0.4) is 0 Å². The quantitative estimate of drug-likeness (QED) is 0.687. The maximum atomic E-state index is 11.0. The molecular weight excluding hydrogens is 272 g/mol. The van der Waals surface area contributed by atoms with Gasteiger partial charge in [-0.2, -0.15) is 0 Å². The van der Waals surface area contributed by atoms with E-state index in [0.29, 0.717) is 28.2 Å². The van der Waals surface area contributed by atoms with Gasteiger partial charge in [0.15, 0.2) is 11.5 Å². The number of H-pyrrole nitrogens is 1. The molecule has 21 heavy (non-hydrogen) atoms. The predicted octanol–water partition coefficient (Wildman–Crippen LogP) is 2.64. The van der Waals surface area contributed by atoms with E-state index >= 15 is 0 Å². The first-order chi connectivity index (χ1) is 10.1. The molecule has 0 amide bonds. The van der Waals surface area contributed by atoms with Crippen molar-refractivity contribution in [2.75, 3.05) is 7.11 Å². The standard InChI is InChI=1S/C15H12N2O4/c1-21-13-5-3-8(7-12(13)18)14-16-10-4-2-9(15(19)20)6-11(10)17-14/h2-7,18H,1H3,(H,16,17)(H,19,20). The third kappa shape index (κ3) is 2.27. The van der Waals surface area contributed by atoms with Crippen LogP contribution >= 0.6 is 0 Å². The number of rotatable bonds is 3. The molecule has 3 N–H and O–H groups in total. The number of fused-ring (bicyclic) bond motifs is 1. The Morgan fingerprint density at radius 3 is 2.71 bits per heavy atom. The number of benzene rings is 2. The molecule has 0 fully saturated rings. The number of aromatic hydroxyl groups is 1. The Hall–Kier alpha value is -3.02. The summed E-state index contributed by atoms with van der Waals surface area (Å²) in [6.07, 6.45) is 0. The second kappa shape index (κ2) is 4.82. The number of carboxylic acid groups (broad SMARTS) is 1. The molecule has 1 heterocycles. The van der Waals surface area contributed by atoms with Gasteiger partial charge in [0, 0.05) is 5.56 Å². The Morgan fingerprint density at radius 1 is 1.24 bits per heavy atom. The summed E-state index contributed by atoms with van der Waals surface area (Å²) in [6.45, 7) is 0. The van der Waals surface area contributed by atoms with E-state index in [4.69, 9.17) is 9.84 Å². The number of nitrogens with zero attached hydrogens (tertiary/aromatic N) is 1. The van der Waals surface area contributed by atoms with Crippen molar-refractivity contribution in [3.05, 3.63) is 42.0 Å². The van der Waals surface area contributed by atoms with E-state index in [1.165, 1.54) is 25.3 Å². The van der Waals surface area contributed by atoms with Gasteiger partial charge in [-0.3, -0.25) is 0 Å². The number of hydrogen-bond acceptors (Lipinski definition) is 4. The van der Waals surface area contributed by atoms with Crippen LogP contribution < -0.4 is 4.74 Å². The number of aromatic carboxylic acids is 1. The Kier molecular flexibility index (Phi) is 2.98. The Balaban J connectivity index is 2.08. The molecule has 0 atom stereocenters. The SMILES string of the molecule is COc1ccc(-c2nc3ccc(C(=O)O)cc3[nH]2)cc1O. The van der Waals surface area contributed by atoms with Crippen LogP contribution in [0.5, 0.6) is 11.5 Å². The summed E-state index contributed by atoms with van der Waals surface area (Å²) >= 11 is 0. The maximum absolute atomic E-state index is 11.0. The smallest absolute Gasteiger partial charge is 0.335 e. The van der Waals surface area contributed by atoms with Crippen LogP contribution in [0, 0.1) is 0 Å². The van der Waals surface area contributed by atoms with Gasteiger partial charge in [-0.05, 0) is 36.4 Å². The van der Waals surface area contributed by atoms with Crippen molar-refractivity contribution >= 4 is 17.0 Å². The van der Waals surface area contributed by atoms with E-state index in [1.54, 1.807) is 18.2 Å². The first-order valence-electron chi connectivity index (χ1n) is 6.19. The number of ether oxygens (including phenoxy) is 1. The number of aromatic amines is 1. The van der Waals surface area contributed by atoms with Crippen LogP contribution in [-0.4, -0.2) is 33.3 Å². The molecule has 0 aliphatic rings. The van der Waals surface area contributed by atoms with E-state index in [2.05, 4.69) is 9.97 Å². The number of carbonyl (C=O) groups is 1. The van der Waals surface area contributed by atoms with Crippen LogP contribution in [0.1, 0.15) is 10.4 Å². The van der Waals surface area contributed by atoms with Crippen LogP contribution in [0.4, 0.5) is 0 Å². The van der Waals surface area contributed by atoms with Crippen LogP contribution in [0.15, 0.2) is 36.4 Å². The zero-order valence-corrected chi connectivity index (χ0v) is 11.1. The minimum absolute atomic E-state index is 0.0154. The van der Waals surface area contributed by atoms with Gasteiger partial charge < -0.3 is 19.9 Å². The van der Waals surface area contributed by atoms with Gasteiger partial charge in [0.25, 0.3) is 0 Å². The highest BCUT2D eigenvalue weighted by Crippen LogP contribution is 2.31. The third-order valence-electron chi connectivity index (χ3n) is 3.18. The number of carboxylic acids is 1. The number of hydrogen-bond donors (Lipinski definition) is 3. The molecule has 1 aromatic heterocycles. The van der Waals surface area contributed by atoms with Crippen LogP contribution in [0.2, 0.25) is 0 Å². The molecule has 0 bridgehead atoms. The molecule has 0 spiro atoms. The zero-order valence-electron chi connectivity index (χ0n) is 11.1. The van der Waals surface area contributed by atoms with Crippen molar-refractivity contribution in [2.45, 2.75) is 0 Å². The summed E-state index contributed by atoms with van der Waals surface area (Å²) < 4.78 is 4.99. The van der Waals surface area contributed by atoms with Gasteiger partial charge in [-0.25, -0.2) is 9.78 Å². The molecule has 6 heteroatoms. The molecule has 0 saturated carbocycles. The summed E-state index contributed by atoms with van der Waals surface area (Å²) in [5.41, 5.74) is 2.15. The number of aromatic nitrogens is 2. The van der Waals surface area contributed by atoms with E-state index < -0.39 is 5.97 Å². The van der Waals surface area contributed by atoms with Gasteiger partial charge >= 0.3 is 5.97 Å². The summed E-state index contributed by atoms with van der Waals surface area (Å²) in [4.78, 5) is 18.4. The predicted molar refractivity (Wildman–Crippen MR) is 76.7 cm³/mol. The Morgan fingerprint density at radius 2 is 2.05 bits per heavy atom. The molecule has 3 rings (SSSR count). The van der Waals surface area contributed by atoms with Crippen LogP contribution in [0.25, 0.3) is 22.4 Å². The van der Waals surface area contributed by atoms with Crippen molar-refractivity contribution in [3.8, 4) is 22.9 Å². The fourth-order valence-electron chi connectivity index (χ4n) is 2.12. The average molecular weight is 284 g/mol. The van der Waals surface area contributed by atoms with Crippen molar-refractivity contribution in [2.24, 2.45) is 0 Å². The van der Waals surface area contributed by atoms with Crippen LogP contribution in [-0.2, 0) is 0 Å². The topological polar surface area (TPSA) is 95.4 Å². The summed E-state index contributed by atoms with van der Waals surface area (Å²) in [5, 5.41) is 18.8. The summed E-state index contributed by atoms with van der Waals surface area (Å²) in [5.74, 6) is -0.0506. The zero-order chi connectivity index (χ0) is 15.0. The molecule has 0 saturated heterocycles. The van der Waals surface area contributed by atoms with Gasteiger partial charge in [-0.15, -0.1) is 0 Å². The average Bonchev–Trinajstić information content (AvgIpc) is 2.89. The molecule has 2 aromatic carbocycles. The lowest BCUT2D eigenvalue weighted by Crippen LogP contribution is -1.94. The lowest BCUT2D eigenvalue weighted by molar-refractivity contribution is 0.0697. The normalized spacial score (nSPS) is 10.7. The third-order valence-corrected chi connectivity index (χ3v) is 3.18. The first kappa shape index (κ1) is 13.0. The number of methoxy groups -OCH3 is 1. The van der Waals surface area contributed by atoms with Gasteiger partial charge in [0.2, 0.25) is 0 Å². The molecule has 0 radical (unpaired) electrons. The van der Waals surface area contributed by atoms with E-state index in [0.717, 1.165) is 0 Å². The fraction of sp³-hybridized carbons (Fsp3) is 0.0667. The fourth-order valence-corrected chi connectivity index (χ4v) is 2.12. The second-order valence-corrected chi connectivity index (χ2v) is 4.51. The molecular formula is C15H12N2O4. The molecule has 0 aliphatic carbocycles. The molecule has 0 aliphatic heterocycles. The Bertz CT molecular complexity index is 839. The Labute approximate surface area is 119 Å². The minimum Gasteiger partial charge on any atom is -0.504 e. The number of nitrogens with one attached hydrogen (secondary N) is 1. The summed E-state index contributed by atoms with van der Waals surface area (Å²) in [6, 6.07) is 9.60. The van der Waals surface area contributed by atoms with Crippen molar-refractivity contribution in [3.63, 3.8) is 0 Å². The minimum atomic E-state index is -0.991. The van der Waals surface area contributed by atoms with E-state index in [-0.39, 0.29) is 11.3 Å². The lowest BCUT2D eigenvalue weighted by atomic mass is 10.2. The number of phenolic OH excluding ortho intramolecular Hbond substituents is 1. The van der Waals surface area contributed by atoms with Gasteiger partial charge in [-0.1, -0.05) is 0 Å². The van der Waals surface area contributed by atoms with E-state index in [9.17, 15) is 9.90 Å². The lowest BCUT2D eigenvalue weighted by Gasteiger charge is -2.04. The molecule has 6 nitrogen and oxygen atoms in total. The highest BCUT2D eigenvalue weighted by atomic mass is 16.5. The summed E-state index contributed by atoms with van der Waals surface area (Å²) in [7, 11) is 1.48. The second-order valence-electron chi connectivity index (χ2n) is 4.51. The van der Waals surface area contributed by atoms with Crippen molar-refractivity contribution in [1.29, 1.82) is 0 Å². The molecule has 3 aromatic rings.